The lowest BCUT2D eigenvalue weighted by atomic mass is 9.84. The molecule has 142 valence electrons. The molecule has 0 heterocycles. The summed E-state index contributed by atoms with van der Waals surface area (Å²) in [7, 11) is 0. The van der Waals surface area contributed by atoms with Gasteiger partial charge < -0.3 is 15.9 Å². The molecule has 0 fully saturated rings. The topological polar surface area (TPSA) is 66.5 Å². The largest absolute Gasteiger partial charge is 0.394 e. The summed E-state index contributed by atoms with van der Waals surface area (Å²) in [6.07, 6.45) is 6.00. The highest BCUT2D eigenvalue weighted by Gasteiger charge is 2.33. The van der Waals surface area contributed by atoms with Gasteiger partial charge >= 0.3 is 0 Å². The van der Waals surface area contributed by atoms with Gasteiger partial charge in [-0.3, -0.25) is 0 Å². The van der Waals surface area contributed by atoms with E-state index in [-0.39, 0.29) is 6.61 Å². The van der Waals surface area contributed by atoms with Gasteiger partial charge in [0.2, 0.25) is 0 Å². The Morgan fingerprint density at radius 2 is 1.46 bits per heavy atom. The van der Waals surface area contributed by atoms with E-state index in [1.807, 2.05) is 31.2 Å². The highest BCUT2D eigenvalue weighted by molar-refractivity contribution is 5.64. The fourth-order valence-corrected chi connectivity index (χ4v) is 3.35. The fraction of sp³-hybridized carbons (Fsp3) is 0.478. The molecule has 2 aromatic carbocycles. The first kappa shape index (κ1) is 20.6. The molecule has 0 aliphatic carbocycles. The minimum atomic E-state index is -1.12. The predicted octanol–water partition coefficient (Wildman–Crippen LogP) is 4.39. The third-order valence-electron chi connectivity index (χ3n) is 5.27. The lowest BCUT2D eigenvalue weighted by Crippen LogP contribution is -2.50. The molecule has 0 aliphatic rings. The van der Waals surface area contributed by atoms with Gasteiger partial charge in [-0.25, -0.2) is 0 Å². The minimum absolute atomic E-state index is 0.284. The van der Waals surface area contributed by atoms with E-state index in [1.54, 1.807) is 0 Å². The molecular formula is C23H33NO2. The molecular weight excluding hydrogens is 322 g/mol. The Morgan fingerprint density at radius 1 is 0.885 bits per heavy atom. The minimum Gasteiger partial charge on any atom is -0.394 e. The van der Waals surface area contributed by atoms with Crippen molar-refractivity contribution in [3.8, 4) is 11.1 Å². The second-order valence-corrected chi connectivity index (χ2v) is 7.21. The van der Waals surface area contributed by atoms with E-state index in [0.29, 0.717) is 6.42 Å². The average Bonchev–Trinajstić information content (AvgIpc) is 2.70. The molecule has 2 unspecified atom stereocenters. The van der Waals surface area contributed by atoms with Crippen LogP contribution in [0.4, 0.5) is 0 Å². The normalized spacial score (nSPS) is 14.8. The summed E-state index contributed by atoms with van der Waals surface area (Å²) in [5.41, 5.74) is 9.54. The van der Waals surface area contributed by atoms with Gasteiger partial charge in [-0.15, -0.1) is 0 Å². The molecule has 0 saturated heterocycles. The lowest BCUT2D eigenvalue weighted by Gasteiger charge is -2.32. The van der Waals surface area contributed by atoms with Crippen molar-refractivity contribution >= 4 is 0 Å². The zero-order chi connectivity index (χ0) is 19.0. The quantitative estimate of drug-likeness (QED) is 0.554. The molecule has 0 saturated carbocycles. The van der Waals surface area contributed by atoms with Crippen LogP contribution >= 0.6 is 0 Å². The Labute approximate surface area is 157 Å². The maximum absolute atomic E-state index is 10.2. The van der Waals surface area contributed by atoms with Crippen LogP contribution in [0, 0.1) is 0 Å². The number of benzene rings is 2. The van der Waals surface area contributed by atoms with Crippen molar-refractivity contribution < 1.29 is 10.2 Å². The maximum atomic E-state index is 10.2. The average molecular weight is 356 g/mol. The molecule has 3 heteroatoms. The van der Waals surface area contributed by atoms with E-state index >= 15 is 0 Å². The second kappa shape index (κ2) is 9.86. The van der Waals surface area contributed by atoms with Crippen LogP contribution in [0.3, 0.4) is 0 Å². The lowest BCUT2D eigenvalue weighted by molar-refractivity contribution is 0.0384. The maximum Gasteiger partial charge on any atom is 0.0906 e. The number of nitrogens with two attached hydrogens (primary N) is 1. The molecule has 3 nitrogen and oxygen atoms in total. The van der Waals surface area contributed by atoms with Crippen LogP contribution in [-0.2, 0) is 12.0 Å². The first-order valence-electron chi connectivity index (χ1n) is 9.82. The summed E-state index contributed by atoms with van der Waals surface area (Å²) in [4.78, 5) is 0. The van der Waals surface area contributed by atoms with Crippen LogP contribution < -0.4 is 5.73 Å². The van der Waals surface area contributed by atoms with Crippen LogP contribution in [-0.4, -0.2) is 22.9 Å². The van der Waals surface area contributed by atoms with Crippen molar-refractivity contribution in [3.63, 3.8) is 0 Å². The molecule has 2 aromatic rings. The van der Waals surface area contributed by atoms with Gasteiger partial charge in [-0.05, 0) is 41.5 Å². The molecule has 2 atom stereocenters. The van der Waals surface area contributed by atoms with Gasteiger partial charge in [0, 0.05) is 0 Å². The smallest absolute Gasteiger partial charge is 0.0906 e. The summed E-state index contributed by atoms with van der Waals surface area (Å²) in [5, 5.41) is 19.8. The summed E-state index contributed by atoms with van der Waals surface area (Å²) < 4.78 is 0. The van der Waals surface area contributed by atoms with Crippen LogP contribution in [0.2, 0.25) is 0 Å². The molecule has 0 aromatic heterocycles. The Kier molecular flexibility index (Phi) is 7.83. The van der Waals surface area contributed by atoms with Gasteiger partial charge in [-0.2, -0.15) is 0 Å². The van der Waals surface area contributed by atoms with Crippen LogP contribution in [0.1, 0.15) is 57.1 Å². The zero-order valence-corrected chi connectivity index (χ0v) is 16.1. The molecule has 2 rings (SSSR count). The third kappa shape index (κ3) is 4.94. The number of aliphatic hydroxyl groups excluding tert-OH is 2. The van der Waals surface area contributed by atoms with E-state index in [2.05, 4.69) is 31.2 Å². The van der Waals surface area contributed by atoms with Gasteiger partial charge in [0.15, 0.2) is 0 Å². The van der Waals surface area contributed by atoms with E-state index in [4.69, 9.17) is 5.73 Å². The predicted molar refractivity (Wildman–Crippen MR) is 109 cm³/mol. The van der Waals surface area contributed by atoms with Crippen molar-refractivity contribution in [1.29, 1.82) is 0 Å². The first-order valence-corrected chi connectivity index (χ1v) is 9.82. The van der Waals surface area contributed by atoms with Crippen molar-refractivity contribution in [1.82, 2.24) is 0 Å². The van der Waals surface area contributed by atoms with E-state index in [0.717, 1.165) is 23.1 Å². The summed E-state index contributed by atoms with van der Waals surface area (Å²) in [5.74, 6) is 0. The molecule has 0 bridgehead atoms. The standard InChI is InChI=1S/C23H33NO2/c1-3-5-6-7-8-18-9-11-19(12-10-18)20-13-15-21(16-14-20)23(24,17-25)22(26)4-2/h9-16,22,25-26H,3-8,17,24H2,1-2H3. The monoisotopic (exact) mass is 355 g/mol. The Bertz CT molecular complexity index is 651. The number of aliphatic hydroxyl groups is 2. The SMILES string of the molecule is CCCCCCc1ccc(-c2ccc(C(N)(CO)C(O)CC)cc2)cc1. The summed E-state index contributed by atoms with van der Waals surface area (Å²) >= 11 is 0. The molecule has 4 N–H and O–H groups in total. The molecule has 0 amide bonds. The first-order chi connectivity index (χ1) is 12.5. The van der Waals surface area contributed by atoms with Crippen molar-refractivity contribution in [2.45, 2.75) is 64.0 Å². The number of rotatable bonds is 10. The van der Waals surface area contributed by atoms with Crippen molar-refractivity contribution in [2.24, 2.45) is 5.73 Å². The van der Waals surface area contributed by atoms with Gasteiger partial charge in [0.1, 0.15) is 0 Å². The van der Waals surface area contributed by atoms with Crippen molar-refractivity contribution in [3.05, 3.63) is 59.7 Å². The molecule has 26 heavy (non-hydrogen) atoms. The van der Waals surface area contributed by atoms with E-state index in [1.165, 1.54) is 31.2 Å². The van der Waals surface area contributed by atoms with Crippen LogP contribution in [0.5, 0.6) is 0 Å². The Balaban J connectivity index is 2.08. The molecule has 0 aliphatic heterocycles. The van der Waals surface area contributed by atoms with Gasteiger partial charge in [0.25, 0.3) is 0 Å². The Hall–Kier alpha value is -1.68. The summed E-state index contributed by atoms with van der Waals surface area (Å²) in [6, 6.07) is 16.6. The highest BCUT2D eigenvalue weighted by Crippen LogP contribution is 2.27. The zero-order valence-electron chi connectivity index (χ0n) is 16.1. The van der Waals surface area contributed by atoms with E-state index in [9.17, 15) is 10.2 Å². The highest BCUT2D eigenvalue weighted by atomic mass is 16.3. The van der Waals surface area contributed by atoms with Crippen LogP contribution in [0.25, 0.3) is 11.1 Å². The van der Waals surface area contributed by atoms with Crippen LogP contribution in [0.15, 0.2) is 48.5 Å². The Morgan fingerprint density at radius 3 is 1.96 bits per heavy atom. The number of hydrogen-bond acceptors (Lipinski definition) is 3. The summed E-state index contributed by atoms with van der Waals surface area (Å²) in [6.45, 7) is 3.81. The van der Waals surface area contributed by atoms with Gasteiger partial charge in [-0.1, -0.05) is 81.6 Å². The second-order valence-electron chi connectivity index (χ2n) is 7.21. The number of hydrogen-bond donors (Lipinski definition) is 3. The van der Waals surface area contributed by atoms with E-state index < -0.39 is 11.6 Å². The molecule has 0 radical (unpaired) electrons. The third-order valence-corrected chi connectivity index (χ3v) is 5.27. The number of aryl methyl sites for hydroxylation is 1. The van der Waals surface area contributed by atoms with Gasteiger partial charge in [0.05, 0.1) is 18.2 Å². The molecule has 0 spiro atoms. The fourth-order valence-electron chi connectivity index (χ4n) is 3.35. The van der Waals surface area contributed by atoms with Crippen molar-refractivity contribution in [2.75, 3.05) is 6.61 Å². The number of unbranched alkanes of at least 4 members (excludes halogenated alkanes) is 3.